The normalized spacial score (nSPS) is 10.8. The first-order valence-electron chi connectivity index (χ1n) is 5.25. The Labute approximate surface area is 97.7 Å². The summed E-state index contributed by atoms with van der Waals surface area (Å²) in [5, 5.41) is 4.18. The molecule has 0 amide bonds. The summed E-state index contributed by atoms with van der Waals surface area (Å²) in [5.41, 5.74) is 1.07. The highest BCUT2D eigenvalue weighted by atomic mass is 16.2. The SMILES string of the molecule is Cc1cc(Cn2c(=O)ccn(C)c2=O)n(C)n1. The summed E-state index contributed by atoms with van der Waals surface area (Å²) in [7, 11) is 3.41. The van der Waals surface area contributed by atoms with Crippen molar-refractivity contribution in [3.63, 3.8) is 0 Å². The molecule has 0 N–H and O–H groups in total. The average Bonchev–Trinajstić information content (AvgIpc) is 2.58. The summed E-state index contributed by atoms with van der Waals surface area (Å²) in [6, 6.07) is 3.24. The molecule has 2 heterocycles. The number of hydrogen-bond donors (Lipinski definition) is 0. The van der Waals surface area contributed by atoms with Crippen LogP contribution in [-0.4, -0.2) is 18.9 Å². The van der Waals surface area contributed by atoms with Crippen LogP contribution in [0, 0.1) is 6.92 Å². The molecule has 0 atom stereocenters. The molecule has 0 aliphatic rings. The van der Waals surface area contributed by atoms with Crippen molar-refractivity contribution in [1.29, 1.82) is 0 Å². The third-order valence-corrected chi connectivity index (χ3v) is 2.66. The molecular formula is C11H14N4O2. The quantitative estimate of drug-likeness (QED) is 0.712. The Balaban J connectivity index is 2.50. The summed E-state index contributed by atoms with van der Waals surface area (Å²) in [6.07, 6.45) is 1.47. The summed E-state index contributed by atoms with van der Waals surface area (Å²) >= 11 is 0. The molecule has 6 heteroatoms. The standard InChI is InChI=1S/C11H14N4O2/c1-8-6-9(14(3)12-8)7-15-10(16)4-5-13(2)11(15)17/h4-6H,7H2,1-3H3. The van der Waals surface area contributed by atoms with E-state index in [9.17, 15) is 9.59 Å². The van der Waals surface area contributed by atoms with E-state index in [1.54, 1.807) is 18.8 Å². The molecular weight excluding hydrogens is 220 g/mol. The van der Waals surface area contributed by atoms with Crippen LogP contribution in [-0.2, 0) is 20.6 Å². The van der Waals surface area contributed by atoms with E-state index in [4.69, 9.17) is 0 Å². The highest BCUT2D eigenvalue weighted by molar-refractivity contribution is 5.09. The molecule has 0 radical (unpaired) electrons. The van der Waals surface area contributed by atoms with E-state index in [-0.39, 0.29) is 17.8 Å². The summed E-state index contributed by atoms with van der Waals surface area (Å²) < 4.78 is 4.25. The molecule has 0 saturated carbocycles. The van der Waals surface area contributed by atoms with Crippen molar-refractivity contribution in [3.05, 3.63) is 50.6 Å². The average molecular weight is 234 g/mol. The lowest BCUT2D eigenvalue weighted by Crippen LogP contribution is -2.38. The van der Waals surface area contributed by atoms with Crippen molar-refractivity contribution < 1.29 is 0 Å². The van der Waals surface area contributed by atoms with E-state index in [0.29, 0.717) is 0 Å². The van der Waals surface area contributed by atoms with Gasteiger partial charge in [0.25, 0.3) is 5.56 Å². The van der Waals surface area contributed by atoms with Crippen LogP contribution in [0.5, 0.6) is 0 Å². The minimum Gasteiger partial charge on any atom is -0.303 e. The van der Waals surface area contributed by atoms with Gasteiger partial charge in [-0.1, -0.05) is 0 Å². The second-order valence-corrected chi connectivity index (χ2v) is 4.03. The zero-order valence-corrected chi connectivity index (χ0v) is 10.0. The van der Waals surface area contributed by atoms with Crippen LogP contribution in [0.1, 0.15) is 11.4 Å². The lowest BCUT2D eigenvalue weighted by atomic mass is 10.3. The van der Waals surface area contributed by atoms with Gasteiger partial charge in [-0.05, 0) is 13.0 Å². The van der Waals surface area contributed by atoms with Crippen LogP contribution in [0.4, 0.5) is 0 Å². The maximum atomic E-state index is 11.8. The van der Waals surface area contributed by atoms with Crippen LogP contribution in [0.2, 0.25) is 0 Å². The van der Waals surface area contributed by atoms with Crippen molar-refractivity contribution in [2.45, 2.75) is 13.5 Å². The Hall–Kier alpha value is -2.11. The Bertz CT molecular complexity index is 663. The molecule has 2 rings (SSSR count). The van der Waals surface area contributed by atoms with E-state index in [2.05, 4.69) is 5.10 Å². The molecule has 17 heavy (non-hydrogen) atoms. The minimum absolute atomic E-state index is 0.240. The summed E-state index contributed by atoms with van der Waals surface area (Å²) in [6.45, 7) is 2.11. The molecule has 0 saturated heterocycles. The Morgan fingerprint density at radius 2 is 2.00 bits per heavy atom. The third-order valence-electron chi connectivity index (χ3n) is 2.66. The highest BCUT2D eigenvalue weighted by Crippen LogP contribution is 2.01. The van der Waals surface area contributed by atoms with E-state index >= 15 is 0 Å². The van der Waals surface area contributed by atoms with Crippen molar-refractivity contribution >= 4 is 0 Å². The predicted molar refractivity (Wildman–Crippen MR) is 63.0 cm³/mol. The summed E-state index contributed by atoms with van der Waals surface area (Å²) in [5.74, 6) is 0. The lowest BCUT2D eigenvalue weighted by molar-refractivity contribution is 0.599. The van der Waals surface area contributed by atoms with E-state index in [0.717, 1.165) is 11.4 Å². The van der Waals surface area contributed by atoms with Gasteiger partial charge in [-0.3, -0.25) is 14.0 Å². The van der Waals surface area contributed by atoms with Gasteiger partial charge >= 0.3 is 5.69 Å². The zero-order chi connectivity index (χ0) is 12.6. The smallest absolute Gasteiger partial charge is 0.303 e. The molecule has 0 unspecified atom stereocenters. The first-order chi connectivity index (χ1) is 7.99. The largest absolute Gasteiger partial charge is 0.331 e. The maximum absolute atomic E-state index is 11.8. The van der Waals surface area contributed by atoms with Crippen LogP contribution < -0.4 is 11.2 Å². The van der Waals surface area contributed by atoms with Crippen molar-refractivity contribution in [2.24, 2.45) is 14.1 Å². The maximum Gasteiger partial charge on any atom is 0.331 e. The van der Waals surface area contributed by atoms with E-state index in [1.165, 1.54) is 21.4 Å². The molecule has 0 fully saturated rings. The number of aryl methyl sites for hydroxylation is 3. The van der Waals surface area contributed by atoms with Crippen LogP contribution in [0.3, 0.4) is 0 Å². The second-order valence-electron chi connectivity index (χ2n) is 4.03. The number of nitrogens with zero attached hydrogens (tertiary/aromatic N) is 4. The van der Waals surface area contributed by atoms with Crippen molar-refractivity contribution in [2.75, 3.05) is 0 Å². The molecule has 6 nitrogen and oxygen atoms in total. The van der Waals surface area contributed by atoms with Gasteiger partial charge in [0.1, 0.15) is 0 Å². The molecule has 0 bridgehead atoms. The van der Waals surface area contributed by atoms with Crippen LogP contribution in [0.15, 0.2) is 27.9 Å². The van der Waals surface area contributed by atoms with Gasteiger partial charge < -0.3 is 4.57 Å². The monoisotopic (exact) mass is 234 g/mol. The van der Waals surface area contributed by atoms with Gasteiger partial charge in [-0.15, -0.1) is 0 Å². The Morgan fingerprint density at radius 3 is 2.59 bits per heavy atom. The third kappa shape index (κ3) is 2.06. The number of rotatable bonds is 2. The topological polar surface area (TPSA) is 61.8 Å². The number of hydrogen-bond acceptors (Lipinski definition) is 3. The first kappa shape index (κ1) is 11.4. The van der Waals surface area contributed by atoms with Crippen LogP contribution in [0.25, 0.3) is 0 Å². The fourth-order valence-electron chi connectivity index (χ4n) is 1.73. The highest BCUT2D eigenvalue weighted by Gasteiger charge is 2.07. The predicted octanol–water partition coefficient (Wildman–Crippen LogP) is -0.363. The van der Waals surface area contributed by atoms with Gasteiger partial charge in [-0.2, -0.15) is 5.10 Å². The van der Waals surface area contributed by atoms with E-state index < -0.39 is 0 Å². The van der Waals surface area contributed by atoms with Gasteiger partial charge in [0.2, 0.25) is 0 Å². The fraction of sp³-hybridized carbons (Fsp3) is 0.364. The van der Waals surface area contributed by atoms with Crippen molar-refractivity contribution in [1.82, 2.24) is 18.9 Å². The summed E-state index contributed by atoms with van der Waals surface area (Å²) in [4.78, 5) is 23.4. The zero-order valence-electron chi connectivity index (χ0n) is 10.0. The molecule has 2 aromatic rings. The second kappa shape index (κ2) is 4.04. The molecule has 90 valence electrons. The Kier molecular flexibility index (Phi) is 2.71. The van der Waals surface area contributed by atoms with E-state index in [1.807, 2.05) is 13.0 Å². The number of aromatic nitrogens is 4. The van der Waals surface area contributed by atoms with Crippen molar-refractivity contribution in [3.8, 4) is 0 Å². The van der Waals surface area contributed by atoms with Gasteiger partial charge in [-0.25, -0.2) is 4.79 Å². The van der Waals surface area contributed by atoms with Gasteiger partial charge in [0.15, 0.2) is 0 Å². The van der Waals surface area contributed by atoms with Crippen LogP contribution >= 0.6 is 0 Å². The molecule has 2 aromatic heterocycles. The minimum atomic E-state index is -0.323. The molecule has 0 aromatic carbocycles. The molecule has 0 spiro atoms. The fourth-order valence-corrected chi connectivity index (χ4v) is 1.73. The first-order valence-corrected chi connectivity index (χ1v) is 5.25. The van der Waals surface area contributed by atoms with Gasteiger partial charge in [0, 0.05) is 26.4 Å². The molecule has 0 aliphatic heterocycles. The lowest BCUT2D eigenvalue weighted by Gasteiger charge is -2.06. The van der Waals surface area contributed by atoms with Gasteiger partial charge in [0.05, 0.1) is 17.9 Å². The molecule has 0 aliphatic carbocycles. The Morgan fingerprint density at radius 1 is 1.29 bits per heavy atom.